The summed E-state index contributed by atoms with van der Waals surface area (Å²) in [4.78, 5) is 13.9. The Balaban J connectivity index is 1.75. The lowest BCUT2D eigenvalue weighted by atomic mass is 9.98. The lowest BCUT2D eigenvalue weighted by Gasteiger charge is -2.33. The molecule has 5 nitrogen and oxygen atoms in total. The second-order valence-corrected chi connectivity index (χ2v) is 8.40. The van der Waals surface area contributed by atoms with E-state index in [1.807, 2.05) is 32.9 Å². The summed E-state index contributed by atoms with van der Waals surface area (Å²) in [7, 11) is 0. The molecule has 1 aliphatic heterocycles. The zero-order valence-electron chi connectivity index (χ0n) is 16.9. The molecule has 2 rings (SSSR count). The molecule has 1 N–H and O–H groups in total. The summed E-state index contributed by atoms with van der Waals surface area (Å²) in [6.45, 7) is 13.0. The lowest BCUT2D eigenvalue weighted by Crippen LogP contribution is -2.42. The molecule has 1 aromatic rings. The number of nitrogens with one attached hydrogen (secondary N) is 1. The third kappa shape index (κ3) is 7.24. The molecule has 1 amide bonds. The second-order valence-electron chi connectivity index (χ2n) is 8.40. The minimum Gasteiger partial charge on any atom is -0.493 e. The van der Waals surface area contributed by atoms with Gasteiger partial charge in [-0.2, -0.15) is 0 Å². The van der Waals surface area contributed by atoms with Crippen LogP contribution in [0.15, 0.2) is 24.3 Å². The molecule has 0 aliphatic carbocycles. The summed E-state index contributed by atoms with van der Waals surface area (Å²) in [5.41, 5.74) is 0.794. The van der Waals surface area contributed by atoms with Crippen molar-refractivity contribution in [3.05, 3.63) is 29.8 Å². The topological polar surface area (TPSA) is 50.8 Å². The summed E-state index contributed by atoms with van der Waals surface area (Å²) in [6, 6.07) is 8.73. The van der Waals surface area contributed by atoms with E-state index in [0.717, 1.165) is 38.2 Å². The quantitative estimate of drug-likeness (QED) is 0.823. The SMILES string of the molecule is CC(C)NCc1cccc(OCC2CCN(C(=O)OC(C)(C)C)CC2)c1. The molecule has 0 unspecified atom stereocenters. The van der Waals surface area contributed by atoms with E-state index in [9.17, 15) is 4.79 Å². The van der Waals surface area contributed by atoms with Crippen LogP contribution in [0.3, 0.4) is 0 Å². The Morgan fingerprint density at radius 1 is 1.27 bits per heavy atom. The molecule has 0 radical (unpaired) electrons. The molecule has 26 heavy (non-hydrogen) atoms. The number of rotatable bonds is 6. The summed E-state index contributed by atoms with van der Waals surface area (Å²) in [6.07, 6.45) is 1.70. The Morgan fingerprint density at radius 3 is 2.58 bits per heavy atom. The molecule has 1 aromatic carbocycles. The molecule has 0 spiro atoms. The monoisotopic (exact) mass is 362 g/mol. The van der Waals surface area contributed by atoms with E-state index in [1.165, 1.54) is 5.56 Å². The number of likely N-dealkylation sites (tertiary alicyclic amines) is 1. The fourth-order valence-electron chi connectivity index (χ4n) is 2.89. The van der Waals surface area contributed by atoms with Crippen molar-refractivity contribution >= 4 is 6.09 Å². The molecule has 0 atom stereocenters. The summed E-state index contributed by atoms with van der Waals surface area (Å²) in [5.74, 6) is 1.40. The summed E-state index contributed by atoms with van der Waals surface area (Å²) >= 11 is 0. The van der Waals surface area contributed by atoms with Gasteiger partial charge in [0.05, 0.1) is 6.61 Å². The largest absolute Gasteiger partial charge is 0.493 e. The third-order valence-electron chi connectivity index (χ3n) is 4.36. The van der Waals surface area contributed by atoms with Crippen LogP contribution in [0, 0.1) is 5.92 Å². The Bertz CT molecular complexity index is 573. The molecular weight excluding hydrogens is 328 g/mol. The van der Waals surface area contributed by atoms with Crippen LogP contribution in [-0.2, 0) is 11.3 Å². The van der Waals surface area contributed by atoms with Crippen LogP contribution < -0.4 is 10.1 Å². The molecule has 1 fully saturated rings. The highest BCUT2D eigenvalue weighted by atomic mass is 16.6. The van der Waals surface area contributed by atoms with Gasteiger partial charge in [-0.25, -0.2) is 4.79 Å². The van der Waals surface area contributed by atoms with Crippen LogP contribution in [0.4, 0.5) is 4.79 Å². The van der Waals surface area contributed by atoms with Gasteiger partial charge in [0.25, 0.3) is 0 Å². The zero-order chi connectivity index (χ0) is 19.2. The van der Waals surface area contributed by atoms with Gasteiger partial charge in [-0.15, -0.1) is 0 Å². The van der Waals surface area contributed by atoms with Crippen LogP contribution in [0.2, 0.25) is 0 Å². The third-order valence-corrected chi connectivity index (χ3v) is 4.36. The first-order valence-electron chi connectivity index (χ1n) is 9.66. The number of carbonyl (C=O) groups is 1. The zero-order valence-corrected chi connectivity index (χ0v) is 16.9. The van der Waals surface area contributed by atoms with Gasteiger partial charge in [0.1, 0.15) is 11.4 Å². The Hall–Kier alpha value is -1.75. The van der Waals surface area contributed by atoms with Crippen molar-refractivity contribution in [1.29, 1.82) is 0 Å². The molecule has 5 heteroatoms. The van der Waals surface area contributed by atoms with Crippen LogP contribution in [-0.4, -0.2) is 42.3 Å². The molecule has 1 aliphatic rings. The van der Waals surface area contributed by atoms with Crippen LogP contribution >= 0.6 is 0 Å². The number of carbonyl (C=O) groups excluding carboxylic acids is 1. The molecule has 0 bridgehead atoms. The van der Waals surface area contributed by atoms with Gasteiger partial charge < -0.3 is 19.7 Å². The Kier molecular flexibility index (Phi) is 7.33. The first-order chi connectivity index (χ1) is 12.2. The molecule has 1 heterocycles. The normalized spacial score (nSPS) is 16.0. The molecule has 1 saturated heterocycles. The smallest absolute Gasteiger partial charge is 0.410 e. The first kappa shape index (κ1) is 20.6. The van der Waals surface area contributed by atoms with E-state index < -0.39 is 5.60 Å². The predicted molar refractivity (Wildman–Crippen MR) is 104 cm³/mol. The van der Waals surface area contributed by atoms with E-state index in [1.54, 1.807) is 4.90 Å². The van der Waals surface area contributed by atoms with E-state index in [4.69, 9.17) is 9.47 Å². The van der Waals surface area contributed by atoms with E-state index in [-0.39, 0.29) is 6.09 Å². The van der Waals surface area contributed by atoms with E-state index in [0.29, 0.717) is 18.6 Å². The van der Waals surface area contributed by atoms with Gasteiger partial charge in [-0.3, -0.25) is 0 Å². The van der Waals surface area contributed by atoms with Crippen molar-refractivity contribution in [2.45, 2.75) is 65.6 Å². The van der Waals surface area contributed by atoms with Gasteiger partial charge in [0.2, 0.25) is 0 Å². The van der Waals surface area contributed by atoms with Crippen molar-refractivity contribution < 1.29 is 14.3 Å². The van der Waals surface area contributed by atoms with E-state index in [2.05, 4.69) is 31.3 Å². The predicted octanol–water partition coefficient (Wildman–Crippen LogP) is 4.21. The Morgan fingerprint density at radius 2 is 1.96 bits per heavy atom. The van der Waals surface area contributed by atoms with E-state index >= 15 is 0 Å². The maximum atomic E-state index is 12.1. The van der Waals surface area contributed by atoms with Crippen LogP contribution in [0.1, 0.15) is 53.0 Å². The highest BCUT2D eigenvalue weighted by molar-refractivity contribution is 5.68. The standard InChI is InChI=1S/C21H34N2O3/c1-16(2)22-14-18-7-6-8-19(13-18)25-15-17-9-11-23(12-10-17)20(24)26-21(3,4)5/h6-8,13,16-17,22H,9-12,14-15H2,1-5H3. The minimum absolute atomic E-state index is 0.206. The van der Waals surface area contributed by atoms with Crippen molar-refractivity contribution in [3.8, 4) is 5.75 Å². The van der Waals surface area contributed by atoms with Crippen LogP contribution in [0.25, 0.3) is 0 Å². The highest BCUT2D eigenvalue weighted by Gasteiger charge is 2.27. The number of piperidine rings is 1. The average Bonchev–Trinajstić information content (AvgIpc) is 2.57. The number of benzene rings is 1. The fraction of sp³-hybridized carbons (Fsp3) is 0.667. The van der Waals surface area contributed by atoms with Crippen LogP contribution in [0.5, 0.6) is 5.75 Å². The number of amides is 1. The minimum atomic E-state index is -0.438. The molecular formula is C21H34N2O3. The number of nitrogens with zero attached hydrogens (tertiary/aromatic N) is 1. The maximum absolute atomic E-state index is 12.1. The van der Waals surface area contributed by atoms with Gasteiger partial charge in [0.15, 0.2) is 0 Å². The van der Waals surface area contributed by atoms with Gasteiger partial charge in [-0.1, -0.05) is 26.0 Å². The summed E-state index contributed by atoms with van der Waals surface area (Å²) < 4.78 is 11.5. The summed E-state index contributed by atoms with van der Waals surface area (Å²) in [5, 5.41) is 3.42. The lowest BCUT2D eigenvalue weighted by molar-refractivity contribution is 0.0165. The fourth-order valence-corrected chi connectivity index (χ4v) is 2.89. The van der Waals surface area contributed by atoms with Gasteiger partial charge in [0, 0.05) is 25.7 Å². The Labute approximate surface area is 158 Å². The van der Waals surface area contributed by atoms with Gasteiger partial charge in [-0.05, 0) is 57.2 Å². The number of hydrogen-bond acceptors (Lipinski definition) is 4. The number of ether oxygens (including phenoxy) is 2. The van der Waals surface area contributed by atoms with Gasteiger partial charge >= 0.3 is 6.09 Å². The average molecular weight is 363 g/mol. The highest BCUT2D eigenvalue weighted by Crippen LogP contribution is 2.22. The van der Waals surface area contributed by atoms with Crippen molar-refractivity contribution in [2.75, 3.05) is 19.7 Å². The second kappa shape index (κ2) is 9.26. The van der Waals surface area contributed by atoms with Crippen molar-refractivity contribution in [3.63, 3.8) is 0 Å². The molecule has 0 aromatic heterocycles. The first-order valence-corrected chi connectivity index (χ1v) is 9.66. The molecule has 0 saturated carbocycles. The maximum Gasteiger partial charge on any atom is 0.410 e. The number of hydrogen-bond donors (Lipinski definition) is 1. The van der Waals surface area contributed by atoms with Crippen molar-refractivity contribution in [1.82, 2.24) is 10.2 Å². The van der Waals surface area contributed by atoms with Crippen molar-refractivity contribution in [2.24, 2.45) is 5.92 Å². The molecule has 146 valence electrons.